The molecule has 0 aliphatic heterocycles. The molecule has 112 valence electrons. The maximum Gasteiger partial charge on any atom is 0.342 e. The van der Waals surface area contributed by atoms with Crippen molar-refractivity contribution >= 4 is 11.9 Å². The van der Waals surface area contributed by atoms with E-state index in [1.165, 1.54) is 13.2 Å². The van der Waals surface area contributed by atoms with Gasteiger partial charge in [-0.15, -0.1) is 0 Å². The van der Waals surface area contributed by atoms with Crippen LogP contribution in [-0.2, 0) is 9.47 Å². The highest BCUT2D eigenvalue weighted by molar-refractivity contribution is 6.07. The van der Waals surface area contributed by atoms with Crippen molar-refractivity contribution in [2.75, 3.05) is 27.9 Å². The summed E-state index contributed by atoms with van der Waals surface area (Å²) >= 11 is 0. The summed E-state index contributed by atoms with van der Waals surface area (Å²) in [7, 11) is 3.66. The Morgan fingerprint density at radius 1 is 1.14 bits per heavy atom. The van der Waals surface area contributed by atoms with Crippen molar-refractivity contribution in [1.82, 2.24) is 0 Å². The number of methoxy groups -OCH3 is 3. The molecule has 7 nitrogen and oxygen atoms in total. The number of nitriles is 1. The first kappa shape index (κ1) is 16.3. The molecular formula is C14H15NO6. The number of benzene rings is 1. The van der Waals surface area contributed by atoms with Gasteiger partial charge in [0.15, 0.2) is 11.5 Å². The Kier molecular flexibility index (Phi) is 5.55. The van der Waals surface area contributed by atoms with Crippen LogP contribution in [0.2, 0.25) is 0 Å². The summed E-state index contributed by atoms with van der Waals surface area (Å²) in [4.78, 5) is 23.9. The standard InChI is InChI=1S/C14H15NO6/c1-5-21-12-9(18-2)6-8(7-15)10(13(16)19-3)11(12)14(17)20-4/h6H,5H2,1-4H3. The molecule has 0 saturated heterocycles. The smallest absolute Gasteiger partial charge is 0.342 e. The van der Waals surface area contributed by atoms with E-state index in [-0.39, 0.29) is 34.8 Å². The van der Waals surface area contributed by atoms with Gasteiger partial charge in [-0.25, -0.2) is 9.59 Å². The molecule has 0 saturated carbocycles. The van der Waals surface area contributed by atoms with E-state index >= 15 is 0 Å². The number of nitrogens with zero attached hydrogens (tertiary/aromatic N) is 1. The molecule has 1 rings (SSSR count). The normalized spacial score (nSPS) is 9.48. The number of hydrogen-bond donors (Lipinski definition) is 0. The molecule has 0 amide bonds. The number of carbonyl (C=O) groups excluding carboxylic acids is 2. The average molecular weight is 293 g/mol. The highest BCUT2D eigenvalue weighted by atomic mass is 16.5. The minimum absolute atomic E-state index is 0.0336. The third kappa shape index (κ3) is 3.05. The van der Waals surface area contributed by atoms with Crippen molar-refractivity contribution in [1.29, 1.82) is 5.26 Å². The van der Waals surface area contributed by atoms with E-state index in [4.69, 9.17) is 9.47 Å². The Bertz CT molecular complexity index is 602. The Morgan fingerprint density at radius 3 is 2.14 bits per heavy atom. The predicted octanol–water partition coefficient (Wildman–Crippen LogP) is 1.54. The Morgan fingerprint density at radius 2 is 1.71 bits per heavy atom. The van der Waals surface area contributed by atoms with Crippen LogP contribution in [0.4, 0.5) is 0 Å². The third-order valence-electron chi connectivity index (χ3n) is 2.65. The number of carbonyl (C=O) groups is 2. The zero-order valence-corrected chi connectivity index (χ0v) is 12.2. The van der Waals surface area contributed by atoms with Gasteiger partial charge in [0.05, 0.1) is 39.1 Å². The van der Waals surface area contributed by atoms with E-state index in [2.05, 4.69) is 9.47 Å². The zero-order valence-electron chi connectivity index (χ0n) is 12.2. The molecule has 7 heteroatoms. The predicted molar refractivity (Wildman–Crippen MR) is 71.6 cm³/mol. The molecule has 1 aromatic rings. The monoisotopic (exact) mass is 293 g/mol. The Labute approximate surface area is 122 Å². The van der Waals surface area contributed by atoms with Crippen molar-refractivity contribution < 1.29 is 28.5 Å². The van der Waals surface area contributed by atoms with E-state index in [1.807, 2.05) is 6.07 Å². The lowest BCUT2D eigenvalue weighted by Crippen LogP contribution is -2.16. The molecule has 0 fully saturated rings. The van der Waals surface area contributed by atoms with E-state index < -0.39 is 11.9 Å². The van der Waals surface area contributed by atoms with Crippen molar-refractivity contribution in [2.45, 2.75) is 6.92 Å². The Hall–Kier alpha value is -2.75. The second kappa shape index (κ2) is 7.14. The topological polar surface area (TPSA) is 94.9 Å². The fourth-order valence-electron chi connectivity index (χ4n) is 1.78. The van der Waals surface area contributed by atoms with Gasteiger partial charge in [0.2, 0.25) is 0 Å². The van der Waals surface area contributed by atoms with Gasteiger partial charge in [-0.05, 0) is 6.92 Å². The van der Waals surface area contributed by atoms with Gasteiger partial charge in [0.25, 0.3) is 0 Å². The summed E-state index contributed by atoms with van der Waals surface area (Å²) < 4.78 is 19.8. The molecule has 0 aromatic heterocycles. The summed E-state index contributed by atoms with van der Waals surface area (Å²) in [5.41, 5.74) is -0.472. The average Bonchev–Trinajstić information content (AvgIpc) is 2.52. The molecule has 0 aliphatic carbocycles. The third-order valence-corrected chi connectivity index (χ3v) is 2.65. The molecule has 0 heterocycles. The van der Waals surface area contributed by atoms with Crippen LogP contribution in [-0.4, -0.2) is 39.9 Å². The highest BCUT2D eigenvalue weighted by Gasteiger charge is 2.30. The first-order chi connectivity index (χ1) is 10.0. The summed E-state index contributed by atoms with van der Waals surface area (Å²) in [6, 6.07) is 3.14. The lowest BCUT2D eigenvalue weighted by Gasteiger charge is -2.16. The summed E-state index contributed by atoms with van der Waals surface area (Å²) in [6.07, 6.45) is 0. The fourth-order valence-corrected chi connectivity index (χ4v) is 1.78. The molecular weight excluding hydrogens is 278 g/mol. The van der Waals surface area contributed by atoms with Crippen LogP contribution in [0.15, 0.2) is 6.07 Å². The number of hydrogen-bond acceptors (Lipinski definition) is 7. The van der Waals surface area contributed by atoms with Crippen molar-refractivity contribution in [3.05, 3.63) is 22.8 Å². The quantitative estimate of drug-likeness (QED) is 0.760. The molecule has 0 radical (unpaired) electrons. The van der Waals surface area contributed by atoms with Crippen molar-refractivity contribution in [3.8, 4) is 17.6 Å². The molecule has 0 N–H and O–H groups in total. The van der Waals surface area contributed by atoms with Crippen LogP contribution in [0.5, 0.6) is 11.5 Å². The van der Waals surface area contributed by atoms with E-state index in [0.717, 1.165) is 14.2 Å². The number of rotatable bonds is 5. The maximum absolute atomic E-state index is 12.0. The first-order valence-corrected chi connectivity index (χ1v) is 6.00. The lowest BCUT2D eigenvalue weighted by atomic mass is 9.99. The van der Waals surface area contributed by atoms with Gasteiger partial charge < -0.3 is 18.9 Å². The molecule has 0 spiro atoms. The fraction of sp³-hybridized carbons (Fsp3) is 0.357. The number of esters is 2. The van der Waals surface area contributed by atoms with Crippen LogP contribution >= 0.6 is 0 Å². The SMILES string of the molecule is CCOc1c(OC)cc(C#N)c(C(=O)OC)c1C(=O)OC. The van der Waals surface area contributed by atoms with Crippen LogP contribution in [0.1, 0.15) is 33.2 Å². The van der Waals surface area contributed by atoms with Crippen molar-refractivity contribution in [2.24, 2.45) is 0 Å². The Balaban J connectivity index is 3.82. The second-order valence-corrected chi connectivity index (χ2v) is 3.73. The minimum Gasteiger partial charge on any atom is -0.493 e. The molecule has 0 atom stereocenters. The largest absolute Gasteiger partial charge is 0.493 e. The molecule has 0 aliphatic rings. The molecule has 0 unspecified atom stereocenters. The highest BCUT2D eigenvalue weighted by Crippen LogP contribution is 2.37. The summed E-state index contributed by atoms with van der Waals surface area (Å²) in [5, 5.41) is 9.18. The van der Waals surface area contributed by atoms with Crippen LogP contribution < -0.4 is 9.47 Å². The van der Waals surface area contributed by atoms with Gasteiger partial charge in [-0.1, -0.05) is 0 Å². The van der Waals surface area contributed by atoms with E-state index in [9.17, 15) is 14.9 Å². The van der Waals surface area contributed by atoms with Gasteiger partial charge in [-0.3, -0.25) is 0 Å². The van der Waals surface area contributed by atoms with Gasteiger partial charge in [0, 0.05) is 6.07 Å². The van der Waals surface area contributed by atoms with Gasteiger partial charge >= 0.3 is 11.9 Å². The van der Waals surface area contributed by atoms with Crippen LogP contribution in [0.3, 0.4) is 0 Å². The summed E-state index contributed by atoms with van der Waals surface area (Å²) in [6.45, 7) is 1.93. The molecule has 0 bridgehead atoms. The van der Waals surface area contributed by atoms with Crippen molar-refractivity contribution in [3.63, 3.8) is 0 Å². The zero-order chi connectivity index (χ0) is 16.0. The molecule has 21 heavy (non-hydrogen) atoms. The summed E-state index contributed by atoms with van der Waals surface area (Å²) in [5.74, 6) is -1.47. The number of ether oxygens (including phenoxy) is 4. The first-order valence-electron chi connectivity index (χ1n) is 6.00. The van der Waals surface area contributed by atoms with Gasteiger partial charge in [-0.2, -0.15) is 5.26 Å². The minimum atomic E-state index is -0.837. The van der Waals surface area contributed by atoms with Crippen LogP contribution in [0, 0.1) is 11.3 Å². The van der Waals surface area contributed by atoms with E-state index in [0.29, 0.717) is 0 Å². The van der Waals surface area contributed by atoms with Crippen LogP contribution in [0.25, 0.3) is 0 Å². The van der Waals surface area contributed by atoms with Gasteiger partial charge in [0.1, 0.15) is 11.6 Å². The van der Waals surface area contributed by atoms with E-state index in [1.54, 1.807) is 6.92 Å². The maximum atomic E-state index is 12.0. The lowest BCUT2D eigenvalue weighted by molar-refractivity contribution is 0.0550. The second-order valence-electron chi connectivity index (χ2n) is 3.73. The molecule has 1 aromatic carbocycles.